The third-order valence-electron chi connectivity index (χ3n) is 4.76. The predicted octanol–water partition coefficient (Wildman–Crippen LogP) is 6.72. The van der Waals surface area contributed by atoms with Crippen LogP contribution in [0.15, 0.2) is 102 Å². The number of anilines is 1. The molecule has 0 bridgehead atoms. The van der Waals surface area contributed by atoms with Crippen LogP contribution in [0.3, 0.4) is 0 Å². The van der Waals surface area contributed by atoms with Crippen molar-refractivity contribution in [1.82, 2.24) is 0 Å². The van der Waals surface area contributed by atoms with Crippen LogP contribution in [0.4, 0.5) is 10.1 Å². The molecule has 0 fully saturated rings. The van der Waals surface area contributed by atoms with Gasteiger partial charge in [-0.15, -0.1) is 0 Å². The highest BCUT2D eigenvalue weighted by atomic mass is 32.2. The van der Waals surface area contributed by atoms with E-state index in [0.29, 0.717) is 17.9 Å². The van der Waals surface area contributed by atoms with Crippen molar-refractivity contribution in [3.05, 3.63) is 108 Å². The van der Waals surface area contributed by atoms with E-state index >= 15 is 0 Å². The van der Waals surface area contributed by atoms with Crippen molar-refractivity contribution in [2.75, 3.05) is 12.4 Å². The largest absolute Gasteiger partial charge is 0.457 e. The van der Waals surface area contributed by atoms with Crippen LogP contribution in [0.1, 0.15) is 5.56 Å². The van der Waals surface area contributed by atoms with E-state index in [9.17, 15) is 9.18 Å². The Bertz CT molecular complexity index is 1170. The molecule has 0 aliphatic heterocycles. The minimum Gasteiger partial charge on any atom is -0.457 e. The number of aldehydes is 1. The monoisotopic (exact) mass is 460 g/mol. The van der Waals surface area contributed by atoms with Crippen LogP contribution in [0.2, 0.25) is 0 Å². The number of hydrogen-bond donors (Lipinski definition) is 2. The van der Waals surface area contributed by atoms with Crippen molar-refractivity contribution in [1.29, 1.82) is 0 Å². The third kappa shape index (κ3) is 7.20. The lowest BCUT2D eigenvalue weighted by Gasteiger charge is -2.13. The van der Waals surface area contributed by atoms with E-state index in [4.69, 9.17) is 9.88 Å². The van der Waals surface area contributed by atoms with Crippen molar-refractivity contribution in [3.8, 4) is 22.6 Å². The first kappa shape index (κ1) is 24.0. The highest BCUT2D eigenvalue weighted by Crippen LogP contribution is 2.35. The summed E-state index contributed by atoms with van der Waals surface area (Å²) < 4.78 is 19.3. The van der Waals surface area contributed by atoms with Gasteiger partial charge in [0.2, 0.25) is 0 Å². The van der Waals surface area contributed by atoms with Gasteiger partial charge in [-0.2, -0.15) is 0 Å². The van der Waals surface area contributed by atoms with Crippen LogP contribution in [-0.2, 0) is 11.2 Å². The van der Waals surface area contributed by atoms with Crippen LogP contribution < -0.4 is 15.2 Å². The average Bonchev–Trinajstić information content (AvgIpc) is 2.86. The number of carbonyl (C=O) groups excluding carboxylic acids is 1. The van der Waals surface area contributed by atoms with E-state index in [-0.39, 0.29) is 5.82 Å². The summed E-state index contributed by atoms with van der Waals surface area (Å²) in [6.45, 7) is 0. The van der Waals surface area contributed by atoms with Gasteiger partial charge in [-0.25, -0.2) is 4.39 Å². The molecular formula is C27H25FN2O2S. The van der Waals surface area contributed by atoms with E-state index in [1.807, 2.05) is 79.8 Å². The summed E-state index contributed by atoms with van der Waals surface area (Å²) in [5.41, 5.74) is 3.98. The smallest absolute Gasteiger partial charge is 0.137 e. The van der Waals surface area contributed by atoms with Crippen LogP contribution in [0.25, 0.3) is 11.1 Å². The molecular weight excluding hydrogens is 435 g/mol. The highest BCUT2D eigenvalue weighted by molar-refractivity contribution is 7.97. The molecule has 0 atom stereocenters. The third-order valence-corrected chi connectivity index (χ3v) is 5.30. The van der Waals surface area contributed by atoms with E-state index in [2.05, 4.69) is 5.32 Å². The summed E-state index contributed by atoms with van der Waals surface area (Å²) in [6, 6.07) is 29.6. The fourth-order valence-electron chi connectivity index (χ4n) is 3.08. The number of halogens is 1. The van der Waals surface area contributed by atoms with Crippen LogP contribution in [0, 0.1) is 5.82 Å². The molecule has 33 heavy (non-hydrogen) atoms. The SMILES string of the molecule is CNc1ccc(-c2ccccc2)c(Oc2cccc(F)c2)c1.NSc1ccc(CC=O)cc1. The zero-order valence-corrected chi connectivity index (χ0v) is 19.0. The first-order chi connectivity index (χ1) is 16.1. The van der Waals surface area contributed by atoms with Crippen molar-refractivity contribution in [2.24, 2.45) is 5.14 Å². The predicted molar refractivity (Wildman–Crippen MR) is 134 cm³/mol. The Morgan fingerprint density at radius 1 is 0.939 bits per heavy atom. The molecule has 4 aromatic rings. The number of benzene rings is 4. The number of rotatable bonds is 7. The Labute approximate surface area is 197 Å². The molecule has 0 amide bonds. The normalized spacial score (nSPS) is 10.0. The van der Waals surface area contributed by atoms with Gasteiger partial charge in [-0.05, 0) is 59.5 Å². The molecule has 0 saturated heterocycles. The zero-order chi connectivity index (χ0) is 23.5. The minimum absolute atomic E-state index is 0.316. The molecule has 4 rings (SSSR count). The van der Waals surface area contributed by atoms with Gasteiger partial charge < -0.3 is 14.8 Å². The molecule has 0 spiro atoms. The molecule has 4 nitrogen and oxygen atoms in total. The summed E-state index contributed by atoms with van der Waals surface area (Å²) in [7, 11) is 1.85. The Morgan fingerprint density at radius 2 is 1.70 bits per heavy atom. The van der Waals surface area contributed by atoms with Crippen LogP contribution in [0.5, 0.6) is 11.5 Å². The van der Waals surface area contributed by atoms with Gasteiger partial charge in [0.05, 0.1) is 0 Å². The highest BCUT2D eigenvalue weighted by Gasteiger charge is 2.09. The lowest BCUT2D eigenvalue weighted by molar-refractivity contribution is -0.107. The minimum atomic E-state index is -0.316. The summed E-state index contributed by atoms with van der Waals surface area (Å²) in [5, 5.41) is 8.41. The van der Waals surface area contributed by atoms with E-state index in [1.165, 1.54) is 24.1 Å². The fraction of sp³-hybridized carbons (Fsp3) is 0.0741. The Morgan fingerprint density at radius 3 is 2.33 bits per heavy atom. The summed E-state index contributed by atoms with van der Waals surface area (Å²) >= 11 is 1.21. The maximum Gasteiger partial charge on any atom is 0.137 e. The van der Waals surface area contributed by atoms with Crippen LogP contribution in [-0.4, -0.2) is 13.3 Å². The lowest BCUT2D eigenvalue weighted by Crippen LogP contribution is -1.93. The van der Waals surface area contributed by atoms with Crippen molar-refractivity contribution in [2.45, 2.75) is 11.3 Å². The van der Waals surface area contributed by atoms with Crippen molar-refractivity contribution >= 4 is 23.9 Å². The molecule has 168 valence electrons. The lowest BCUT2D eigenvalue weighted by atomic mass is 10.0. The molecule has 0 unspecified atom stereocenters. The molecule has 0 saturated carbocycles. The number of nitrogens with two attached hydrogens (primary N) is 1. The second kappa shape index (κ2) is 12.4. The summed E-state index contributed by atoms with van der Waals surface area (Å²) in [4.78, 5) is 11.1. The van der Waals surface area contributed by atoms with Crippen molar-refractivity contribution < 1.29 is 13.9 Å². The molecule has 3 N–H and O–H groups in total. The van der Waals surface area contributed by atoms with Crippen molar-refractivity contribution in [3.63, 3.8) is 0 Å². The Balaban J connectivity index is 0.000000235. The molecule has 0 heterocycles. The van der Waals surface area contributed by atoms with Gasteiger partial charge in [0, 0.05) is 41.7 Å². The van der Waals surface area contributed by atoms with Gasteiger partial charge in [-0.1, -0.05) is 48.5 Å². The second-order valence-electron chi connectivity index (χ2n) is 7.02. The van der Waals surface area contributed by atoms with E-state index in [1.54, 1.807) is 12.1 Å². The van der Waals surface area contributed by atoms with Crippen LogP contribution >= 0.6 is 11.9 Å². The first-order valence-corrected chi connectivity index (χ1v) is 11.2. The van der Waals surface area contributed by atoms with E-state index < -0.39 is 0 Å². The molecule has 0 aromatic heterocycles. The topological polar surface area (TPSA) is 64.3 Å². The standard InChI is InChI=1S/C19H16FNO.C8H9NOS/c1-21-16-10-11-18(14-6-3-2-4-7-14)19(13-16)22-17-9-5-8-15(20)12-17;9-11-8-3-1-7(2-4-8)5-6-10/h2-13,21H,1H3;1-4,6H,5,9H2. The quantitative estimate of drug-likeness (QED) is 0.237. The number of hydrogen-bond acceptors (Lipinski definition) is 5. The molecule has 0 aliphatic carbocycles. The summed E-state index contributed by atoms with van der Waals surface area (Å²) in [5.74, 6) is 0.845. The van der Waals surface area contributed by atoms with Gasteiger partial charge in [0.1, 0.15) is 23.6 Å². The fourth-order valence-corrected chi connectivity index (χ4v) is 3.37. The first-order valence-electron chi connectivity index (χ1n) is 10.3. The average molecular weight is 461 g/mol. The summed E-state index contributed by atoms with van der Waals surface area (Å²) in [6.07, 6.45) is 1.38. The molecule has 4 aromatic carbocycles. The second-order valence-corrected chi connectivity index (χ2v) is 7.73. The number of ether oxygens (including phenoxy) is 1. The van der Waals surface area contributed by atoms with E-state index in [0.717, 1.165) is 33.6 Å². The number of nitrogens with one attached hydrogen (secondary N) is 1. The maximum atomic E-state index is 13.3. The number of carbonyl (C=O) groups is 1. The van der Waals surface area contributed by atoms with Gasteiger partial charge in [0.25, 0.3) is 0 Å². The maximum absolute atomic E-state index is 13.3. The molecule has 0 aliphatic rings. The Kier molecular flexibility index (Phi) is 9.06. The van der Waals surface area contributed by atoms with Gasteiger partial charge >= 0.3 is 0 Å². The van der Waals surface area contributed by atoms with Gasteiger partial charge in [-0.3, -0.25) is 5.14 Å². The van der Waals surface area contributed by atoms with Gasteiger partial charge in [0.15, 0.2) is 0 Å². The molecule has 6 heteroatoms. The molecule has 0 radical (unpaired) electrons. The Hall–Kier alpha value is -3.61. The zero-order valence-electron chi connectivity index (χ0n) is 18.2.